The van der Waals surface area contributed by atoms with Crippen LogP contribution in [0.15, 0.2) is 28.7 Å². The molecule has 8 nitrogen and oxygen atoms in total. The Balaban J connectivity index is 2.31. The maximum atomic E-state index is 13.9. The summed E-state index contributed by atoms with van der Waals surface area (Å²) in [7, 11) is 1.33. The standard InChI is InChI=1S/C30H48N4O4S/c1-10-22(8)26(33(16-13-19(2)3)17-14-20(4)5)27(35)32-25(21(6)7)29(36)34-15-11-12-24(34)28-31-23(18-39-28)30(37)38-9/h13-14,18,21-22,24-26H,10-12,15-17H2,1-9H3,(H,32,35)/t22?,24-,25-,26-/m0/s1. The first kappa shape index (κ1) is 32.7. The molecule has 0 aliphatic carbocycles. The molecule has 1 aromatic heterocycles. The van der Waals surface area contributed by atoms with Crippen molar-refractivity contribution in [1.82, 2.24) is 20.1 Å². The molecule has 2 heterocycles. The van der Waals surface area contributed by atoms with Gasteiger partial charge in [0.2, 0.25) is 11.8 Å². The van der Waals surface area contributed by atoms with Gasteiger partial charge in [-0.3, -0.25) is 14.5 Å². The summed E-state index contributed by atoms with van der Waals surface area (Å²) in [4.78, 5) is 48.3. The second-order valence-corrected chi connectivity index (χ2v) is 12.2. The Morgan fingerprint density at radius 2 is 1.77 bits per heavy atom. The number of carbonyl (C=O) groups excluding carboxylic acids is 3. The van der Waals surface area contributed by atoms with Crippen molar-refractivity contribution in [2.24, 2.45) is 11.8 Å². The van der Waals surface area contributed by atoms with Crippen molar-refractivity contribution in [3.05, 3.63) is 39.4 Å². The summed E-state index contributed by atoms with van der Waals surface area (Å²) >= 11 is 1.37. The molecule has 0 aromatic carbocycles. The van der Waals surface area contributed by atoms with Crippen LogP contribution in [-0.4, -0.2) is 71.4 Å². The zero-order valence-electron chi connectivity index (χ0n) is 25.2. The number of esters is 1. The van der Waals surface area contributed by atoms with Gasteiger partial charge in [0, 0.05) is 25.0 Å². The van der Waals surface area contributed by atoms with Crippen molar-refractivity contribution in [1.29, 1.82) is 0 Å². The van der Waals surface area contributed by atoms with Crippen LogP contribution in [0.5, 0.6) is 0 Å². The quantitative estimate of drug-likeness (QED) is 0.257. The summed E-state index contributed by atoms with van der Waals surface area (Å²) in [5.41, 5.74) is 2.66. The average molecular weight is 561 g/mol. The van der Waals surface area contributed by atoms with E-state index >= 15 is 0 Å². The largest absolute Gasteiger partial charge is 0.464 e. The van der Waals surface area contributed by atoms with Crippen molar-refractivity contribution in [3.63, 3.8) is 0 Å². The first-order valence-corrected chi connectivity index (χ1v) is 14.9. The number of allylic oxidation sites excluding steroid dienone is 2. The summed E-state index contributed by atoms with van der Waals surface area (Å²) in [6, 6.07) is -1.24. The maximum absolute atomic E-state index is 13.9. The Bertz CT molecular complexity index is 1020. The lowest BCUT2D eigenvalue weighted by Gasteiger charge is -2.36. The minimum absolute atomic E-state index is 0.0915. The van der Waals surface area contributed by atoms with E-state index in [9.17, 15) is 14.4 Å². The normalized spacial score (nSPS) is 17.5. The molecule has 1 N–H and O–H groups in total. The van der Waals surface area contributed by atoms with Crippen LogP contribution in [0.25, 0.3) is 0 Å². The van der Waals surface area contributed by atoms with E-state index in [2.05, 4.69) is 68.9 Å². The van der Waals surface area contributed by atoms with Gasteiger partial charge in [0.1, 0.15) is 11.0 Å². The molecule has 0 saturated carbocycles. The number of thiazole rings is 1. The van der Waals surface area contributed by atoms with Crippen LogP contribution >= 0.6 is 11.3 Å². The Morgan fingerprint density at radius 1 is 1.15 bits per heavy atom. The second kappa shape index (κ2) is 15.3. The van der Waals surface area contributed by atoms with E-state index in [0.29, 0.717) is 19.6 Å². The number of likely N-dealkylation sites (tertiary alicyclic amines) is 1. The molecule has 1 saturated heterocycles. The average Bonchev–Trinajstić information content (AvgIpc) is 3.57. The van der Waals surface area contributed by atoms with Gasteiger partial charge in [-0.25, -0.2) is 9.78 Å². The molecule has 0 bridgehead atoms. The van der Waals surface area contributed by atoms with Crippen molar-refractivity contribution in [2.45, 2.75) is 92.8 Å². The third-order valence-electron chi connectivity index (χ3n) is 7.28. The Labute approximate surface area is 238 Å². The number of ether oxygens (including phenoxy) is 1. The number of methoxy groups -OCH3 is 1. The molecule has 1 aliphatic heterocycles. The van der Waals surface area contributed by atoms with Crippen molar-refractivity contribution in [2.75, 3.05) is 26.7 Å². The van der Waals surface area contributed by atoms with Crippen LogP contribution in [0.1, 0.15) is 96.2 Å². The lowest BCUT2D eigenvalue weighted by atomic mass is 9.94. The van der Waals surface area contributed by atoms with E-state index in [-0.39, 0.29) is 41.4 Å². The Hall–Kier alpha value is -2.52. The number of carbonyl (C=O) groups is 3. The molecule has 1 aromatic rings. The van der Waals surface area contributed by atoms with Gasteiger partial charge in [-0.1, -0.05) is 57.4 Å². The molecule has 1 unspecified atom stereocenters. The minimum atomic E-state index is -0.654. The van der Waals surface area contributed by atoms with E-state index in [4.69, 9.17) is 4.74 Å². The highest BCUT2D eigenvalue weighted by Crippen LogP contribution is 2.35. The van der Waals surface area contributed by atoms with Crippen LogP contribution in [-0.2, 0) is 14.3 Å². The highest BCUT2D eigenvalue weighted by molar-refractivity contribution is 7.09. The molecule has 2 amide bonds. The summed E-state index contributed by atoms with van der Waals surface area (Å²) in [6.07, 6.45) is 6.76. The van der Waals surface area contributed by atoms with Crippen molar-refractivity contribution >= 4 is 29.1 Å². The van der Waals surface area contributed by atoms with Gasteiger partial charge < -0.3 is 15.0 Å². The van der Waals surface area contributed by atoms with Crippen LogP contribution in [0, 0.1) is 11.8 Å². The number of hydrogen-bond donors (Lipinski definition) is 1. The number of nitrogens with zero attached hydrogens (tertiary/aromatic N) is 3. The van der Waals surface area contributed by atoms with E-state index < -0.39 is 12.0 Å². The van der Waals surface area contributed by atoms with Gasteiger partial charge in [0.05, 0.1) is 19.2 Å². The Morgan fingerprint density at radius 3 is 2.28 bits per heavy atom. The maximum Gasteiger partial charge on any atom is 0.357 e. The molecule has 1 aliphatic rings. The zero-order chi connectivity index (χ0) is 29.3. The zero-order valence-corrected chi connectivity index (χ0v) is 26.1. The van der Waals surface area contributed by atoms with Crippen molar-refractivity contribution < 1.29 is 19.1 Å². The predicted molar refractivity (Wildman–Crippen MR) is 158 cm³/mol. The fourth-order valence-electron chi connectivity index (χ4n) is 4.77. The molecule has 0 spiro atoms. The van der Waals surface area contributed by atoms with Crippen molar-refractivity contribution in [3.8, 4) is 0 Å². The van der Waals surface area contributed by atoms with Gasteiger partial charge in [-0.15, -0.1) is 11.3 Å². The van der Waals surface area contributed by atoms with Crippen LogP contribution in [0.2, 0.25) is 0 Å². The number of nitrogens with one attached hydrogen (secondary N) is 1. The number of aromatic nitrogens is 1. The monoisotopic (exact) mass is 560 g/mol. The molecule has 4 atom stereocenters. The molecule has 218 valence electrons. The third-order valence-corrected chi connectivity index (χ3v) is 8.23. The fraction of sp³-hybridized carbons (Fsp3) is 0.667. The van der Waals surface area contributed by atoms with Crippen LogP contribution < -0.4 is 5.32 Å². The fourth-order valence-corrected chi connectivity index (χ4v) is 5.70. The minimum Gasteiger partial charge on any atom is -0.464 e. The van der Waals surface area contributed by atoms with Gasteiger partial charge in [-0.2, -0.15) is 0 Å². The number of amides is 2. The van der Waals surface area contributed by atoms with Gasteiger partial charge in [0.25, 0.3) is 0 Å². The second-order valence-electron chi connectivity index (χ2n) is 11.3. The SMILES string of the molecule is CCC(C)[C@@H](C(=O)N[C@H](C(=O)N1CCC[C@H]1c1nc(C(=O)OC)cs1)C(C)C)N(CC=C(C)C)CC=C(C)C. The smallest absolute Gasteiger partial charge is 0.357 e. The summed E-state index contributed by atoms with van der Waals surface area (Å²) in [5.74, 6) is -0.679. The highest BCUT2D eigenvalue weighted by atomic mass is 32.1. The van der Waals surface area contributed by atoms with Gasteiger partial charge in [0.15, 0.2) is 5.69 Å². The lowest BCUT2D eigenvalue weighted by Crippen LogP contribution is -2.57. The molecule has 1 fully saturated rings. The summed E-state index contributed by atoms with van der Waals surface area (Å²) in [6.45, 7) is 18.3. The van der Waals surface area contributed by atoms with Crippen LogP contribution in [0.3, 0.4) is 0 Å². The molecular formula is C30H48N4O4S. The number of rotatable bonds is 13. The summed E-state index contributed by atoms with van der Waals surface area (Å²) < 4.78 is 4.80. The molecule has 39 heavy (non-hydrogen) atoms. The van der Waals surface area contributed by atoms with Gasteiger partial charge in [-0.05, 0) is 52.4 Å². The number of hydrogen-bond acceptors (Lipinski definition) is 7. The molecule has 9 heteroatoms. The first-order chi connectivity index (χ1) is 18.4. The third kappa shape index (κ3) is 9.00. The summed E-state index contributed by atoms with van der Waals surface area (Å²) in [5, 5.41) is 5.56. The van der Waals surface area contributed by atoms with E-state index in [0.717, 1.165) is 24.3 Å². The van der Waals surface area contributed by atoms with E-state index in [1.165, 1.54) is 29.6 Å². The molecule has 0 radical (unpaired) electrons. The first-order valence-electron chi connectivity index (χ1n) is 14.1. The Kier molecular flexibility index (Phi) is 12.8. The van der Waals surface area contributed by atoms with E-state index in [1.807, 2.05) is 18.7 Å². The predicted octanol–water partition coefficient (Wildman–Crippen LogP) is 5.38. The molecular weight excluding hydrogens is 512 g/mol. The topological polar surface area (TPSA) is 91.8 Å². The highest BCUT2D eigenvalue weighted by Gasteiger charge is 2.39. The van der Waals surface area contributed by atoms with Gasteiger partial charge >= 0.3 is 5.97 Å². The van der Waals surface area contributed by atoms with E-state index in [1.54, 1.807) is 5.38 Å². The lowest BCUT2D eigenvalue weighted by molar-refractivity contribution is -0.140. The van der Waals surface area contributed by atoms with Crippen LogP contribution in [0.4, 0.5) is 0 Å². The molecule has 2 rings (SSSR count).